The maximum atomic E-state index is 12.2. The SMILES string of the molecule is CC(Sc1ncc(-c2ccccc2)[nH]1)(C(=O)O)c1ccc(OCc2ccccc2)cc1. The van der Waals surface area contributed by atoms with Gasteiger partial charge in [0, 0.05) is 0 Å². The Labute approximate surface area is 185 Å². The highest BCUT2D eigenvalue weighted by molar-refractivity contribution is 8.00. The first-order valence-electron chi connectivity index (χ1n) is 9.85. The van der Waals surface area contributed by atoms with Gasteiger partial charge in [0.25, 0.3) is 0 Å². The highest BCUT2D eigenvalue weighted by Crippen LogP contribution is 2.41. The molecule has 6 heteroatoms. The standard InChI is InChI=1S/C25H22N2O3S/c1-25(23(28)29,31-24-26-16-22(27-24)19-10-6-3-7-11-19)20-12-14-21(15-13-20)30-17-18-8-4-2-5-9-18/h2-16H,17H2,1H3,(H,26,27)(H,28,29). The molecule has 1 aromatic heterocycles. The number of ether oxygens (including phenoxy) is 1. The van der Waals surface area contributed by atoms with Gasteiger partial charge in [-0.05, 0) is 35.7 Å². The molecule has 0 aliphatic carbocycles. The minimum absolute atomic E-state index is 0.458. The van der Waals surface area contributed by atoms with E-state index in [4.69, 9.17) is 4.74 Å². The number of nitrogens with one attached hydrogen (secondary N) is 1. The van der Waals surface area contributed by atoms with Crippen molar-refractivity contribution in [1.82, 2.24) is 9.97 Å². The van der Waals surface area contributed by atoms with E-state index in [9.17, 15) is 9.90 Å². The number of thioether (sulfide) groups is 1. The van der Waals surface area contributed by atoms with Crippen LogP contribution in [0.25, 0.3) is 11.3 Å². The number of aliphatic carboxylic acids is 1. The summed E-state index contributed by atoms with van der Waals surface area (Å²) in [6, 6.07) is 26.9. The van der Waals surface area contributed by atoms with Gasteiger partial charge in [-0.25, -0.2) is 4.98 Å². The van der Waals surface area contributed by atoms with Crippen molar-refractivity contribution < 1.29 is 14.6 Å². The average molecular weight is 431 g/mol. The molecule has 0 saturated carbocycles. The minimum Gasteiger partial charge on any atom is -0.489 e. The number of benzene rings is 3. The number of H-pyrrole nitrogens is 1. The predicted molar refractivity (Wildman–Crippen MR) is 122 cm³/mol. The zero-order chi connectivity index (χ0) is 21.7. The number of imidazole rings is 1. The number of carboxylic acid groups (broad SMARTS) is 1. The van der Waals surface area contributed by atoms with Gasteiger partial charge in [-0.15, -0.1) is 0 Å². The first kappa shape index (κ1) is 20.8. The van der Waals surface area contributed by atoms with E-state index in [1.165, 1.54) is 11.8 Å². The van der Waals surface area contributed by atoms with Crippen molar-refractivity contribution >= 4 is 17.7 Å². The summed E-state index contributed by atoms with van der Waals surface area (Å²) in [5.74, 6) is -0.247. The second-order valence-electron chi connectivity index (χ2n) is 7.21. The van der Waals surface area contributed by atoms with Crippen LogP contribution < -0.4 is 4.74 Å². The topological polar surface area (TPSA) is 75.2 Å². The fourth-order valence-corrected chi connectivity index (χ4v) is 4.14. The summed E-state index contributed by atoms with van der Waals surface area (Å²) in [6.07, 6.45) is 1.72. The van der Waals surface area contributed by atoms with Gasteiger partial charge in [0.15, 0.2) is 5.16 Å². The molecule has 1 heterocycles. The number of carboxylic acids is 1. The van der Waals surface area contributed by atoms with E-state index < -0.39 is 10.7 Å². The van der Waals surface area contributed by atoms with Gasteiger partial charge >= 0.3 is 5.97 Å². The van der Waals surface area contributed by atoms with Crippen molar-refractivity contribution in [2.45, 2.75) is 23.4 Å². The Bertz CT molecular complexity index is 1140. The van der Waals surface area contributed by atoms with Crippen molar-refractivity contribution in [1.29, 1.82) is 0 Å². The first-order valence-corrected chi connectivity index (χ1v) is 10.7. The second-order valence-corrected chi connectivity index (χ2v) is 8.61. The largest absolute Gasteiger partial charge is 0.489 e. The maximum Gasteiger partial charge on any atom is 0.324 e. The summed E-state index contributed by atoms with van der Waals surface area (Å²) in [7, 11) is 0. The lowest BCUT2D eigenvalue weighted by molar-refractivity contribution is -0.139. The van der Waals surface area contributed by atoms with E-state index in [0.717, 1.165) is 16.8 Å². The van der Waals surface area contributed by atoms with Crippen LogP contribution in [0.15, 0.2) is 96.3 Å². The first-order chi connectivity index (χ1) is 15.0. The Morgan fingerprint density at radius 1 is 1.00 bits per heavy atom. The fraction of sp³-hybridized carbons (Fsp3) is 0.120. The zero-order valence-electron chi connectivity index (χ0n) is 17.0. The predicted octanol–water partition coefficient (Wildman–Crippen LogP) is 5.75. The Kier molecular flexibility index (Phi) is 6.09. The van der Waals surface area contributed by atoms with Crippen molar-refractivity contribution in [2.24, 2.45) is 0 Å². The summed E-state index contributed by atoms with van der Waals surface area (Å²) in [6.45, 7) is 2.14. The Morgan fingerprint density at radius 3 is 2.29 bits per heavy atom. The molecule has 0 radical (unpaired) electrons. The van der Waals surface area contributed by atoms with Gasteiger partial charge in [0.2, 0.25) is 0 Å². The summed E-state index contributed by atoms with van der Waals surface area (Å²) < 4.78 is 4.61. The number of hydrogen-bond donors (Lipinski definition) is 2. The smallest absolute Gasteiger partial charge is 0.324 e. The molecular weight excluding hydrogens is 408 g/mol. The summed E-state index contributed by atoms with van der Waals surface area (Å²) >= 11 is 1.18. The number of aromatic amines is 1. The van der Waals surface area contributed by atoms with Crippen LogP contribution in [0.5, 0.6) is 5.75 Å². The highest BCUT2D eigenvalue weighted by Gasteiger charge is 2.37. The Hall–Kier alpha value is -3.51. The van der Waals surface area contributed by atoms with Crippen LogP contribution in [0.3, 0.4) is 0 Å². The maximum absolute atomic E-state index is 12.2. The molecule has 156 valence electrons. The third-order valence-electron chi connectivity index (χ3n) is 5.00. The lowest BCUT2D eigenvalue weighted by atomic mass is 10.0. The molecule has 0 aliphatic heterocycles. The lowest BCUT2D eigenvalue weighted by Gasteiger charge is -2.23. The molecular formula is C25H22N2O3S. The number of carbonyl (C=O) groups is 1. The molecule has 1 unspecified atom stereocenters. The molecule has 1 atom stereocenters. The summed E-state index contributed by atoms with van der Waals surface area (Å²) in [5.41, 5.74) is 3.58. The van der Waals surface area contributed by atoms with E-state index in [2.05, 4.69) is 9.97 Å². The summed E-state index contributed by atoms with van der Waals surface area (Å²) in [5, 5.41) is 10.5. The minimum atomic E-state index is -1.20. The van der Waals surface area contributed by atoms with Gasteiger partial charge < -0.3 is 14.8 Å². The van der Waals surface area contributed by atoms with E-state index in [0.29, 0.717) is 23.1 Å². The van der Waals surface area contributed by atoms with Crippen LogP contribution in [0.1, 0.15) is 18.1 Å². The van der Waals surface area contributed by atoms with Gasteiger partial charge in [-0.2, -0.15) is 0 Å². The van der Waals surface area contributed by atoms with Crippen molar-refractivity contribution in [2.75, 3.05) is 0 Å². The molecule has 0 saturated heterocycles. The van der Waals surface area contributed by atoms with Crippen LogP contribution in [-0.2, 0) is 16.1 Å². The number of aromatic nitrogens is 2. The molecule has 4 rings (SSSR count). The van der Waals surface area contributed by atoms with Gasteiger partial charge in [0.1, 0.15) is 17.1 Å². The molecule has 0 spiro atoms. The van der Waals surface area contributed by atoms with Crippen LogP contribution in [0.4, 0.5) is 0 Å². The van der Waals surface area contributed by atoms with Crippen LogP contribution in [0, 0.1) is 0 Å². The van der Waals surface area contributed by atoms with Crippen LogP contribution in [0.2, 0.25) is 0 Å². The molecule has 5 nitrogen and oxygen atoms in total. The molecule has 0 aliphatic rings. The molecule has 0 amide bonds. The third-order valence-corrected chi connectivity index (χ3v) is 6.22. The van der Waals surface area contributed by atoms with Crippen LogP contribution in [-0.4, -0.2) is 21.0 Å². The molecule has 0 bridgehead atoms. The van der Waals surface area contributed by atoms with E-state index in [-0.39, 0.29) is 0 Å². The number of nitrogens with zero attached hydrogens (tertiary/aromatic N) is 1. The zero-order valence-corrected chi connectivity index (χ0v) is 17.8. The average Bonchev–Trinajstić information content (AvgIpc) is 3.27. The molecule has 2 N–H and O–H groups in total. The van der Waals surface area contributed by atoms with Crippen molar-refractivity contribution in [3.05, 3.63) is 102 Å². The lowest BCUT2D eigenvalue weighted by Crippen LogP contribution is -2.28. The Balaban J connectivity index is 1.50. The monoisotopic (exact) mass is 430 g/mol. The van der Waals surface area contributed by atoms with Crippen molar-refractivity contribution in [3.8, 4) is 17.0 Å². The van der Waals surface area contributed by atoms with E-state index in [1.807, 2.05) is 60.7 Å². The van der Waals surface area contributed by atoms with Crippen LogP contribution >= 0.6 is 11.8 Å². The Morgan fingerprint density at radius 2 is 1.65 bits per heavy atom. The molecule has 0 fully saturated rings. The van der Waals surface area contributed by atoms with E-state index in [1.54, 1.807) is 37.4 Å². The summed E-state index contributed by atoms with van der Waals surface area (Å²) in [4.78, 5) is 19.8. The van der Waals surface area contributed by atoms with Gasteiger partial charge in [-0.1, -0.05) is 84.6 Å². The highest BCUT2D eigenvalue weighted by atomic mass is 32.2. The molecule has 31 heavy (non-hydrogen) atoms. The normalized spacial score (nSPS) is 12.8. The van der Waals surface area contributed by atoms with E-state index >= 15 is 0 Å². The molecule has 3 aromatic carbocycles. The number of hydrogen-bond acceptors (Lipinski definition) is 4. The second kappa shape index (κ2) is 9.10. The molecule has 4 aromatic rings. The quantitative estimate of drug-likeness (QED) is 0.348. The van der Waals surface area contributed by atoms with Crippen molar-refractivity contribution in [3.63, 3.8) is 0 Å². The fourth-order valence-electron chi connectivity index (χ4n) is 3.15. The van der Waals surface area contributed by atoms with Gasteiger partial charge in [0.05, 0.1) is 11.9 Å². The van der Waals surface area contributed by atoms with Gasteiger partial charge in [-0.3, -0.25) is 4.79 Å². The third kappa shape index (κ3) is 4.81. The number of rotatable bonds is 8.